The third kappa shape index (κ3) is 5.73. The summed E-state index contributed by atoms with van der Waals surface area (Å²) in [6.45, 7) is -1.14. The first-order valence-corrected chi connectivity index (χ1v) is 7.83. The monoisotopic (exact) mass is 363 g/mol. The Hall–Kier alpha value is -3.16. The van der Waals surface area contributed by atoms with Crippen LogP contribution in [-0.2, 0) is 11.2 Å². The Morgan fingerprint density at radius 1 is 1.12 bits per heavy atom. The highest BCUT2D eigenvalue weighted by Crippen LogP contribution is 2.20. The summed E-state index contributed by atoms with van der Waals surface area (Å²) >= 11 is 0. The van der Waals surface area contributed by atoms with Crippen LogP contribution in [0, 0.1) is 0 Å². The molecule has 2 aromatic rings. The Balaban J connectivity index is 1.98. The van der Waals surface area contributed by atoms with E-state index < -0.39 is 18.5 Å². The predicted octanol–water partition coefficient (Wildman–Crippen LogP) is 3.20. The number of ether oxygens (including phenoxy) is 1. The molecule has 0 heterocycles. The van der Waals surface area contributed by atoms with E-state index in [1.54, 1.807) is 43.3 Å². The number of anilines is 1. The van der Waals surface area contributed by atoms with Gasteiger partial charge in [-0.3, -0.25) is 4.79 Å². The number of urea groups is 1. The predicted molar refractivity (Wildman–Crippen MR) is 93.0 cm³/mol. The molecule has 2 aromatic carbocycles. The Bertz CT molecular complexity index is 767. The van der Waals surface area contributed by atoms with E-state index in [0.717, 1.165) is 0 Å². The van der Waals surface area contributed by atoms with Crippen LogP contribution in [-0.4, -0.2) is 18.5 Å². The number of hydrogen-bond donors (Lipinski definition) is 3. The van der Waals surface area contributed by atoms with Gasteiger partial charge in [-0.1, -0.05) is 30.3 Å². The Morgan fingerprint density at radius 2 is 1.77 bits per heavy atom. The van der Waals surface area contributed by atoms with Gasteiger partial charge >= 0.3 is 12.6 Å². The summed E-state index contributed by atoms with van der Waals surface area (Å²) in [5, 5.41) is 5.40. The first-order chi connectivity index (χ1) is 12.3. The van der Waals surface area contributed by atoms with E-state index >= 15 is 0 Å². The first-order valence-electron chi connectivity index (χ1n) is 7.83. The van der Waals surface area contributed by atoms with Gasteiger partial charge in [0.1, 0.15) is 5.75 Å². The van der Waals surface area contributed by atoms with Gasteiger partial charge in [-0.2, -0.15) is 8.78 Å². The molecule has 0 bridgehead atoms. The second kappa shape index (κ2) is 8.80. The number of para-hydroxylation sites is 1. The van der Waals surface area contributed by atoms with Gasteiger partial charge in [0.25, 0.3) is 0 Å². The quantitative estimate of drug-likeness (QED) is 0.705. The second-order valence-electron chi connectivity index (χ2n) is 5.57. The number of primary amides is 1. The van der Waals surface area contributed by atoms with Crippen LogP contribution in [0.1, 0.15) is 24.1 Å². The van der Waals surface area contributed by atoms with E-state index in [4.69, 9.17) is 5.73 Å². The topological polar surface area (TPSA) is 93.5 Å². The number of carbonyl (C=O) groups excluding carboxylic acids is 2. The number of nitrogens with two attached hydrogens (primary N) is 1. The van der Waals surface area contributed by atoms with Crippen molar-refractivity contribution in [2.45, 2.75) is 26.0 Å². The Labute approximate surface area is 149 Å². The lowest BCUT2D eigenvalue weighted by Crippen LogP contribution is -2.31. The van der Waals surface area contributed by atoms with Crippen molar-refractivity contribution in [1.29, 1.82) is 0 Å². The molecule has 0 aliphatic carbocycles. The maximum atomic E-state index is 12.2. The minimum Gasteiger partial charge on any atom is -0.435 e. The standard InChI is InChI=1S/C18H19F2N3O3/c1-11(12-6-8-14(9-7-12)26-17(19)20)22-18(25)23-15-5-3-2-4-13(15)10-16(21)24/h2-9,11,17H,10H2,1H3,(H2,21,24)(H2,22,23,25). The van der Waals surface area contributed by atoms with Gasteiger partial charge in [-0.15, -0.1) is 0 Å². The molecule has 26 heavy (non-hydrogen) atoms. The summed E-state index contributed by atoms with van der Waals surface area (Å²) in [4.78, 5) is 23.3. The number of amides is 3. The highest BCUT2D eigenvalue weighted by molar-refractivity contribution is 5.91. The zero-order chi connectivity index (χ0) is 19.1. The maximum absolute atomic E-state index is 12.2. The molecule has 1 atom stereocenters. The zero-order valence-corrected chi connectivity index (χ0v) is 14.0. The number of rotatable bonds is 7. The van der Waals surface area contributed by atoms with Crippen molar-refractivity contribution in [3.63, 3.8) is 0 Å². The van der Waals surface area contributed by atoms with E-state index in [0.29, 0.717) is 16.8 Å². The lowest BCUT2D eigenvalue weighted by Gasteiger charge is -2.17. The van der Waals surface area contributed by atoms with E-state index in [-0.39, 0.29) is 18.2 Å². The molecule has 0 spiro atoms. The van der Waals surface area contributed by atoms with Crippen LogP contribution in [0.2, 0.25) is 0 Å². The summed E-state index contributed by atoms with van der Waals surface area (Å²) in [7, 11) is 0. The summed E-state index contributed by atoms with van der Waals surface area (Å²) in [6, 6.07) is 12.0. The number of alkyl halides is 2. The average Bonchev–Trinajstić information content (AvgIpc) is 2.56. The Kier molecular flexibility index (Phi) is 6.48. The molecule has 0 aromatic heterocycles. The van der Waals surface area contributed by atoms with Crippen LogP contribution in [0.25, 0.3) is 0 Å². The molecule has 0 aliphatic rings. The molecule has 0 saturated carbocycles. The maximum Gasteiger partial charge on any atom is 0.387 e. The summed E-state index contributed by atoms with van der Waals surface area (Å²) in [6.07, 6.45) is 0.0115. The molecule has 0 saturated heterocycles. The highest BCUT2D eigenvalue weighted by Gasteiger charge is 2.13. The van der Waals surface area contributed by atoms with Crippen molar-refractivity contribution in [1.82, 2.24) is 5.32 Å². The third-order valence-corrected chi connectivity index (χ3v) is 3.58. The zero-order valence-electron chi connectivity index (χ0n) is 14.0. The first kappa shape index (κ1) is 19.2. The number of carbonyl (C=O) groups is 2. The SMILES string of the molecule is CC(NC(=O)Nc1ccccc1CC(N)=O)c1ccc(OC(F)F)cc1. The normalized spacial score (nSPS) is 11.7. The molecular formula is C18H19F2N3O3. The molecule has 3 amide bonds. The van der Waals surface area contributed by atoms with Crippen LogP contribution in [0.5, 0.6) is 5.75 Å². The van der Waals surface area contributed by atoms with Crippen molar-refractivity contribution in [2.75, 3.05) is 5.32 Å². The number of hydrogen-bond acceptors (Lipinski definition) is 3. The van der Waals surface area contributed by atoms with E-state index in [2.05, 4.69) is 15.4 Å². The minimum absolute atomic E-state index is 0.0115. The summed E-state index contributed by atoms with van der Waals surface area (Å²) < 4.78 is 28.6. The van der Waals surface area contributed by atoms with Crippen molar-refractivity contribution in [3.8, 4) is 5.75 Å². The molecule has 138 valence electrons. The van der Waals surface area contributed by atoms with Crippen LogP contribution in [0.4, 0.5) is 19.3 Å². The van der Waals surface area contributed by atoms with Crippen LogP contribution < -0.4 is 21.1 Å². The van der Waals surface area contributed by atoms with Gasteiger partial charge in [0, 0.05) is 5.69 Å². The molecule has 0 fully saturated rings. The van der Waals surface area contributed by atoms with Gasteiger partial charge in [0.05, 0.1) is 12.5 Å². The van der Waals surface area contributed by atoms with Crippen molar-refractivity contribution in [2.24, 2.45) is 5.73 Å². The molecule has 2 rings (SSSR count). The Morgan fingerprint density at radius 3 is 2.38 bits per heavy atom. The highest BCUT2D eigenvalue weighted by atomic mass is 19.3. The van der Waals surface area contributed by atoms with Crippen molar-refractivity contribution >= 4 is 17.6 Å². The fourth-order valence-corrected chi connectivity index (χ4v) is 2.36. The van der Waals surface area contributed by atoms with Crippen LogP contribution >= 0.6 is 0 Å². The molecule has 1 unspecified atom stereocenters. The molecule has 8 heteroatoms. The lowest BCUT2D eigenvalue weighted by molar-refractivity contribution is -0.117. The van der Waals surface area contributed by atoms with Gasteiger partial charge in [-0.25, -0.2) is 4.79 Å². The van der Waals surface area contributed by atoms with E-state index in [9.17, 15) is 18.4 Å². The van der Waals surface area contributed by atoms with Crippen LogP contribution in [0.15, 0.2) is 48.5 Å². The largest absolute Gasteiger partial charge is 0.435 e. The molecule has 0 radical (unpaired) electrons. The third-order valence-electron chi connectivity index (χ3n) is 3.58. The van der Waals surface area contributed by atoms with Gasteiger partial charge in [-0.05, 0) is 36.2 Å². The number of halogens is 2. The minimum atomic E-state index is -2.89. The lowest BCUT2D eigenvalue weighted by atomic mass is 10.1. The molecular weight excluding hydrogens is 344 g/mol. The second-order valence-corrected chi connectivity index (χ2v) is 5.57. The summed E-state index contributed by atoms with van der Waals surface area (Å²) in [5.74, 6) is -0.458. The molecule has 6 nitrogen and oxygen atoms in total. The van der Waals surface area contributed by atoms with E-state index in [1.165, 1.54) is 12.1 Å². The van der Waals surface area contributed by atoms with Gasteiger partial charge in [0.15, 0.2) is 0 Å². The average molecular weight is 363 g/mol. The smallest absolute Gasteiger partial charge is 0.387 e. The molecule has 0 aliphatic heterocycles. The van der Waals surface area contributed by atoms with Crippen molar-refractivity contribution < 1.29 is 23.1 Å². The summed E-state index contributed by atoms with van der Waals surface area (Å²) in [5.41, 5.74) is 7.00. The number of benzene rings is 2. The fourth-order valence-electron chi connectivity index (χ4n) is 2.36. The molecule has 4 N–H and O–H groups in total. The van der Waals surface area contributed by atoms with Gasteiger partial charge < -0.3 is 21.1 Å². The van der Waals surface area contributed by atoms with E-state index in [1.807, 2.05) is 0 Å². The van der Waals surface area contributed by atoms with Crippen LogP contribution in [0.3, 0.4) is 0 Å². The van der Waals surface area contributed by atoms with Crippen molar-refractivity contribution in [3.05, 3.63) is 59.7 Å². The fraction of sp³-hybridized carbons (Fsp3) is 0.222. The van der Waals surface area contributed by atoms with Gasteiger partial charge in [0.2, 0.25) is 5.91 Å². The number of nitrogens with one attached hydrogen (secondary N) is 2.